The summed E-state index contributed by atoms with van der Waals surface area (Å²) in [6, 6.07) is 15.2. The summed E-state index contributed by atoms with van der Waals surface area (Å²) in [5, 5.41) is 2.76. The third kappa shape index (κ3) is 2.63. The van der Waals surface area contributed by atoms with E-state index in [0.717, 1.165) is 0 Å². The van der Waals surface area contributed by atoms with Gasteiger partial charge < -0.3 is 1.43 Å². The molecule has 0 heterocycles. The zero-order chi connectivity index (χ0) is 9.97. The maximum atomic E-state index is 2.29. The fraction of sp³-hybridized carbons (Fsp3) is 0.286. The molecular weight excluding hydrogens is 191 g/mol. The van der Waals surface area contributed by atoms with Gasteiger partial charge in [0, 0.05) is 0 Å². The topological polar surface area (TPSA) is 0 Å². The molecule has 2 aromatic carbocycles. The molecule has 0 spiro atoms. The molecule has 0 amide bonds. The zero-order valence-corrected chi connectivity index (χ0v) is 11.8. The van der Waals surface area contributed by atoms with E-state index < -0.39 is 0 Å². The van der Waals surface area contributed by atoms with Crippen molar-refractivity contribution in [2.45, 2.75) is 26.2 Å². The van der Waals surface area contributed by atoms with Gasteiger partial charge in [0.15, 0.2) is 0 Å². The van der Waals surface area contributed by atoms with E-state index in [0.29, 0.717) is 5.92 Å². The Morgan fingerprint density at radius 3 is 2.47 bits per heavy atom. The Kier molecular flexibility index (Phi) is 4.85. The minimum absolute atomic E-state index is 0. The van der Waals surface area contributed by atoms with Crippen molar-refractivity contribution in [2.75, 3.05) is 0 Å². The molecular formula is C14H17Na. The quantitative estimate of drug-likeness (QED) is 0.656. The number of rotatable bonds is 2. The Balaban J connectivity index is 0.00000112. The Morgan fingerprint density at radius 2 is 1.73 bits per heavy atom. The van der Waals surface area contributed by atoms with Crippen LogP contribution in [-0.2, 0) is 0 Å². The molecule has 0 fully saturated rings. The van der Waals surface area contributed by atoms with Crippen LogP contribution < -0.4 is 29.6 Å². The predicted octanol–water partition coefficient (Wildman–Crippen LogP) is 1.47. The molecule has 0 aliphatic rings. The van der Waals surface area contributed by atoms with E-state index in [9.17, 15) is 0 Å². The van der Waals surface area contributed by atoms with E-state index in [1.807, 2.05) is 0 Å². The number of hydrogen-bond acceptors (Lipinski definition) is 0. The predicted molar refractivity (Wildman–Crippen MR) is 63.8 cm³/mol. The Labute approximate surface area is 115 Å². The molecule has 2 aromatic rings. The number of fused-ring (bicyclic) bond motifs is 1. The molecule has 0 N–H and O–H groups in total. The van der Waals surface area contributed by atoms with E-state index in [4.69, 9.17) is 0 Å². The molecule has 1 unspecified atom stereocenters. The van der Waals surface area contributed by atoms with Crippen molar-refractivity contribution in [1.29, 1.82) is 0 Å². The summed E-state index contributed by atoms with van der Waals surface area (Å²) in [5.74, 6) is 0.654. The van der Waals surface area contributed by atoms with Crippen LogP contribution in [0, 0.1) is 0 Å². The first-order valence-corrected chi connectivity index (χ1v) is 5.30. The van der Waals surface area contributed by atoms with E-state index in [1.165, 1.54) is 22.8 Å². The Hall–Kier alpha value is -0.300. The summed E-state index contributed by atoms with van der Waals surface area (Å²) in [6.07, 6.45) is 1.20. The molecule has 0 radical (unpaired) electrons. The van der Waals surface area contributed by atoms with Gasteiger partial charge in [-0.25, -0.2) is 0 Å². The van der Waals surface area contributed by atoms with Gasteiger partial charge in [-0.15, -0.1) is 0 Å². The van der Waals surface area contributed by atoms with Crippen molar-refractivity contribution in [3.63, 3.8) is 0 Å². The molecule has 0 saturated carbocycles. The second kappa shape index (κ2) is 5.69. The van der Waals surface area contributed by atoms with Gasteiger partial charge in [0.25, 0.3) is 0 Å². The van der Waals surface area contributed by atoms with Gasteiger partial charge in [0.1, 0.15) is 0 Å². The fourth-order valence-corrected chi connectivity index (χ4v) is 1.90. The average molecular weight is 208 g/mol. The number of benzene rings is 2. The minimum Gasteiger partial charge on any atom is -1.00 e. The van der Waals surface area contributed by atoms with Gasteiger partial charge in [-0.2, -0.15) is 0 Å². The maximum absolute atomic E-state index is 2.29. The normalized spacial score (nSPS) is 12.1. The maximum Gasteiger partial charge on any atom is 1.00 e. The smallest absolute Gasteiger partial charge is 1.00 e. The van der Waals surface area contributed by atoms with Crippen molar-refractivity contribution in [2.24, 2.45) is 0 Å². The van der Waals surface area contributed by atoms with Crippen LogP contribution in [0.2, 0.25) is 0 Å². The summed E-state index contributed by atoms with van der Waals surface area (Å²) in [4.78, 5) is 0. The van der Waals surface area contributed by atoms with E-state index in [-0.39, 0.29) is 31.0 Å². The summed E-state index contributed by atoms with van der Waals surface area (Å²) >= 11 is 0. The first kappa shape index (κ1) is 12.8. The van der Waals surface area contributed by atoms with Gasteiger partial charge in [-0.05, 0) is 28.7 Å². The van der Waals surface area contributed by atoms with Crippen LogP contribution in [0.25, 0.3) is 10.8 Å². The largest absolute Gasteiger partial charge is 1.00 e. The van der Waals surface area contributed by atoms with Gasteiger partial charge in [-0.1, -0.05) is 56.3 Å². The average Bonchev–Trinajstić information content (AvgIpc) is 2.27. The molecule has 0 aliphatic carbocycles. The summed E-state index contributed by atoms with van der Waals surface area (Å²) in [6.45, 7) is 4.54. The van der Waals surface area contributed by atoms with E-state index in [1.54, 1.807) is 0 Å². The second-order valence-corrected chi connectivity index (χ2v) is 3.88. The van der Waals surface area contributed by atoms with Crippen LogP contribution in [-0.4, -0.2) is 0 Å². The van der Waals surface area contributed by atoms with Gasteiger partial charge >= 0.3 is 29.6 Å². The first-order chi connectivity index (χ1) is 6.83. The van der Waals surface area contributed by atoms with Crippen molar-refractivity contribution in [1.82, 2.24) is 0 Å². The van der Waals surface area contributed by atoms with Crippen LogP contribution in [0.5, 0.6) is 0 Å². The summed E-state index contributed by atoms with van der Waals surface area (Å²) in [5.41, 5.74) is 1.48. The fourth-order valence-electron chi connectivity index (χ4n) is 1.90. The van der Waals surface area contributed by atoms with Crippen molar-refractivity contribution in [3.8, 4) is 0 Å². The molecule has 0 aliphatic heterocycles. The molecule has 1 atom stereocenters. The van der Waals surface area contributed by atoms with Gasteiger partial charge in [-0.3, -0.25) is 0 Å². The van der Waals surface area contributed by atoms with E-state index in [2.05, 4.69) is 56.3 Å². The SMILES string of the molecule is CCC(C)c1cccc2ccccc12.[H-].[Na+]. The third-order valence-electron chi connectivity index (χ3n) is 2.97. The van der Waals surface area contributed by atoms with Gasteiger partial charge in [0.2, 0.25) is 0 Å². The Bertz CT molecular complexity index is 434. The standard InChI is InChI=1S/C14H16.Na.H/c1-3-11(2)13-10-6-8-12-7-4-5-9-14(12)13;;/h4-11H,3H2,1-2H3;;/q;+1;-1. The second-order valence-electron chi connectivity index (χ2n) is 3.88. The molecule has 0 nitrogen and oxygen atoms in total. The Morgan fingerprint density at radius 1 is 1.07 bits per heavy atom. The first-order valence-electron chi connectivity index (χ1n) is 5.30. The molecule has 0 aromatic heterocycles. The van der Waals surface area contributed by atoms with Gasteiger partial charge in [0.05, 0.1) is 0 Å². The van der Waals surface area contributed by atoms with Crippen LogP contribution in [0.15, 0.2) is 42.5 Å². The van der Waals surface area contributed by atoms with Crippen LogP contribution in [0.3, 0.4) is 0 Å². The molecule has 15 heavy (non-hydrogen) atoms. The van der Waals surface area contributed by atoms with Crippen LogP contribution in [0.4, 0.5) is 0 Å². The molecule has 74 valence electrons. The molecule has 2 rings (SSSR count). The van der Waals surface area contributed by atoms with E-state index >= 15 is 0 Å². The third-order valence-corrected chi connectivity index (χ3v) is 2.97. The summed E-state index contributed by atoms with van der Waals surface area (Å²) in [7, 11) is 0. The summed E-state index contributed by atoms with van der Waals surface area (Å²) < 4.78 is 0. The monoisotopic (exact) mass is 208 g/mol. The van der Waals surface area contributed by atoms with Crippen LogP contribution in [0.1, 0.15) is 33.2 Å². The van der Waals surface area contributed by atoms with Crippen molar-refractivity contribution < 1.29 is 31.0 Å². The minimum atomic E-state index is 0. The van der Waals surface area contributed by atoms with Crippen LogP contribution >= 0.6 is 0 Å². The molecule has 0 bridgehead atoms. The number of hydrogen-bond donors (Lipinski definition) is 0. The zero-order valence-electron chi connectivity index (χ0n) is 10.8. The van der Waals surface area contributed by atoms with Crippen molar-refractivity contribution >= 4 is 10.8 Å². The molecule has 0 saturated heterocycles. The molecule has 1 heteroatoms. The van der Waals surface area contributed by atoms with Crippen molar-refractivity contribution in [3.05, 3.63) is 48.0 Å².